The Kier molecular flexibility index (Phi) is 1100. The molecule has 0 radical (unpaired) electrons. The van der Waals surface area contributed by atoms with Crippen LogP contribution in [0.1, 0.15) is 6.92 Å². The van der Waals surface area contributed by atoms with Crippen molar-refractivity contribution in [3.8, 4) is 6.07 Å². The molecule has 0 aromatic rings. The summed E-state index contributed by atoms with van der Waals surface area (Å²) in [4.78, 5) is 0. The molecule has 4 heteroatoms. The van der Waals surface area contributed by atoms with Crippen LogP contribution in [0, 0.1) is 11.3 Å². The zero-order chi connectivity index (χ0) is 4.71. The van der Waals surface area contributed by atoms with Crippen molar-refractivity contribution < 1.29 is 5.48 Å². The van der Waals surface area contributed by atoms with Crippen LogP contribution in [0.3, 0.4) is 0 Å². The highest BCUT2D eigenvalue weighted by Crippen LogP contribution is 1.21. The van der Waals surface area contributed by atoms with E-state index in [1.807, 2.05) is 0 Å². The second-order valence-electron chi connectivity index (χ2n) is 0.224. The molecule has 0 aliphatic rings. The number of nitrogens with zero attached hydrogens (tertiary/aromatic N) is 1. The summed E-state index contributed by atoms with van der Waals surface area (Å²) in [6.45, 7) is 1.43. The predicted octanol–water partition coefficient (Wildman–Crippen LogP) is -1.48. The van der Waals surface area contributed by atoms with Crippen LogP contribution in [0.25, 0.3) is 0 Å². The van der Waals surface area contributed by atoms with Crippen molar-refractivity contribution in [3.63, 3.8) is 0 Å². The summed E-state index contributed by atoms with van der Waals surface area (Å²) in [5.74, 6) is 8.00. The molecule has 0 bridgehead atoms. The molecule has 0 aromatic heterocycles. The fourth-order valence-corrected chi connectivity index (χ4v) is 0. The minimum atomic E-state index is 0. The molecule has 6 heavy (non-hydrogen) atoms. The normalized spacial score (nSPS) is 2.33. The molecular weight excluding hydrogens is 82.0 g/mol. The molecule has 0 aromatic carbocycles. The third-order valence-electron chi connectivity index (χ3n) is 0. The minimum absolute atomic E-state index is 0. The molecule has 0 amide bonds. The van der Waals surface area contributed by atoms with Crippen LogP contribution >= 0.6 is 0 Å². The van der Waals surface area contributed by atoms with Crippen molar-refractivity contribution in [1.82, 2.24) is 0 Å². The summed E-state index contributed by atoms with van der Waals surface area (Å²) in [6.07, 6.45) is 0. The maximum Gasteiger partial charge on any atom is 0.0587 e. The largest absolute Gasteiger partial charge is 0.412 e. The fourth-order valence-electron chi connectivity index (χ4n) is 0. The van der Waals surface area contributed by atoms with E-state index < -0.39 is 0 Å². The van der Waals surface area contributed by atoms with Crippen molar-refractivity contribution in [2.24, 2.45) is 11.7 Å². The van der Waals surface area contributed by atoms with Crippen LogP contribution in [-0.4, -0.2) is 5.48 Å². The van der Waals surface area contributed by atoms with Crippen molar-refractivity contribution in [2.75, 3.05) is 0 Å². The molecule has 0 saturated carbocycles. The van der Waals surface area contributed by atoms with E-state index >= 15 is 0 Å². The van der Waals surface area contributed by atoms with Gasteiger partial charge >= 0.3 is 0 Å². The summed E-state index contributed by atoms with van der Waals surface area (Å²) < 4.78 is 0. The Hall–Kier alpha value is -0.630. The van der Waals surface area contributed by atoms with Crippen LogP contribution in [0.15, 0.2) is 0 Å². The van der Waals surface area contributed by atoms with Gasteiger partial charge in [-0.3, -0.25) is 11.7 Å². The van der Waals surface area contributed by atoms with Gasteiger partial charge in [-0.2, -0.15) is 5.26 Å². The van der Waals surface area contributed by atoms with E-state index in [1.54, 1.807) is 6.07 Å². The molecule has 38 valence electrons. The van der Waals surface area contributed by atoms with E-state index in [9.17, 15) is 0 Å². The van der Waals surface area contributed by atoms with Crippen molar-refractivity contribution >= 4 is 0 Å². The van der Waals surface area contributed by atoms with Gasteiger partial charge in [0.1, 0.15) is 0 Å². The van der Waals surface area contributed by atoms with E-state index in [0.29, 0.717) is 0 Å². The summed E-state index contributed by atoms with van der Waals surface area (Å²) >= 11 is 0. The lowest BCUT2D eigenvalue weighted by atomic mass is 11.0. The topological polar surface area (TPSA) is 107 Å². The number of hydrogen-bond acceptors (Lipinski definition) is 3. The van der Waals surface area contributed by atoms with Gasteiger partial charge in [-0.15, -0.1) is 0 Å². The second kappa shape index (κ2) is 363. The highest BCUT2D eigenvalue weighted by molar-refractivity contribution is 4.51. The fraction of sp³-hybridized carbons (Fsp3) is 0.500. The Morgan fingerprint density at radius 2 is 1.50 bits per heavy atom. The number of nitrogens with two attached hydrogens (primary N) is 2. The first-order valence-electron chi connectivity index (χ1n) is 1.06. The minimum Gasteiger partial charge on any atom is -0.412 e. The average molecular weight is 91.1 g/mol. The number of hydrogen-bond donors (Lipinski definition) is 2. The average Bonchev–Trinajstić information content (AvgIpc) is 1.46. The van der Waals surface area contributed by atoms with Crippen LogP contribution in [0.4, 0.5) is 0 Å². The van der Waals surface area contributed by atoms with Gasteiger partial charge in [0.15, 0.2) is 0 Å². The van der Waals surface area contributed by atoms with Gasteiger partial charge in [-0.25, -0.2) is 0 Å². The van der Waals surface area contributed by atoms with Crippen molar-refractivity contribution in [1.29, 1.82) is 5.26 Å². The zero-order valence-electron chi connectivity index (χ0n) is 3.60. The molecule has 0 unspecified atom stereocenters. The van der Waals surface area contributed by atoms with Gasteiger partial charge in [0.2, 0.25) is 0 Å². The quantitative estimate of drug-likeness (QED) is 0.280. The molecule has 0 atom stereocenters. The SMILES string of the molecule is CC#N.NN.O. The lowest BCUT2D eigenvalue weighted by molar-refractivity contribution is 0.824. The molecule has 0 rings (SSSR count). The van der Waals surface area contributed by atoms with E-state index in [4.69, 9.17) is 5.26 Å². The van der Waals surface area contributed by atoms with Gasteiger partial charge in [0.05, 0.1) is 6.07 Å². The van der Waals surface area contributed by atoms with Gasteiger partial charge < -0.3 is 5.48 Å². The number of hydrazine groups is 1. The smallest absolute Gasteiger partial charge is 0.0587 e. The standard InChI is InChI=1S/C2H3N.H4N2.H2O/c1-2-3;1-2;/h1H3;1-2H2;1H2. The molecule has 6 N–H and O–H groups in total. The van der Waals surface area contributed by atoms with Crippen molar-refractivity contribution in [3.05, 3.63) is 0 Å². The molecule has 0 spiro atoms. The maximum atomic E-state index is 7.32. The van der Waals surface area contributed by atoms with E-state index in [-0.39, 0.29) is 5.48 Å². The number of rotatable bonds is 0. The van der Waals surface area contributed by atoms with E-state index in [2.05, 4.69) is 11.7 Å². The molecule has 0 fully saturated rings. The van der Waals surface area contributed by atoms with Crippen molar-refractivity contribution in [2.45, 2.75) is 6.92 Å². The first-order chi connectivity index (χ1) is 2.41. The monoisotopic (exact) mass is 91.1 g/mol. The summed E-state index contributed by atoms with van der Waals surface area (Å²) in [5, 5.41) is 7.32. The molecule has 4 nitrogen and oxygen atoms in total. The Morgan fingerprint density at radius 1 is 1.50 bits per heavy atom. The lowest BCUT2D eigenvalue weighted by Gasteiger charge is -1.27. The Labute approximate surface area is 36.6 Å². The Bertz CT molecular complexity index is 30.3. The maximum absolute atomic E-state index is 7.32. The van der Waals surface area contributed by atoms with E-state index in [0.717, 1.165) is 0 Å². The van der Waals surface area contributed by atoms with Crippen LogP contribution < -0.4 is 11.7 Å². The third kappa shape index (κ3) is 47.7. The molecule has 0 aliphatic heterocycles. The van der Waals surface area contributed by atoms with Crippen LogP contribution in [0.2, 0.25) is 0 Å². The Morgan fingerprint density at radius 3 is 1.50 bits per heavy atom. The first kappa shape index (κ1) is 18.3. The Balaban J connectivity index is -0.0000000275. The predicted molar refractivity (Wildman–Crippen MR) is 23.3 cm³/mol. The zero-order valence-corrected chi connectivity index (χ0v) is 3.60. The molecule has 0 aliphatic carbocycles. The number of nitriles is 1. The van der Waals surface area contributed by atoms with Gasteiger partial charge in [-0.05, 0) is 0 Å². The summed E-state index contributed by atoms with van der Waals surface area (Å²) in [7, 11) is 0. The summed E-state index contributed by atoms with van der Waals surface area (Å²) in [6, 6.07) is 1.75. The molecule has 0 saturated heterocycles. The first-order valence-corrected chi connectivity index (χ1v) is 1.06. The lowest BCUT2D eigenvalue weighted by Crippen LogP contribution is -2.02. The summed E-state index contributed by atoms with van der Waals surface area (Å²) in [5.41, 5.74) is 0. The molecular formula is C2H9N3O. The van der Waals surface area contributed by atoms with Gasteiger partial charge in [0.25, 0.3) is 0 Å². The highest BCUT2D eigenvalue weighted by atomic mass is 16.0. The second-order valence-corrected chi connectivity index (χ2v) is 0.224. The van der Waals surface area contributed by atoms with Crippen LogP contribution in [-0.2, 0) is 0 Å². The van der Waals surface area contributed by atoms with E-state index in [1.165, 1.54) is 6.92 Å². The van der Waals surface area contributed by atoms with Gasteiger partial charge in [-0.1, -0.05) is 0 Å². The highest BCUT2D eigenvalue weighted by Gasteiger charge is 1.17. The van der Waals surface area contributed by atoms with Crippen LogP contribution in [0.5, 0.6) is 0 Å². The third-order valence-corrected chi connectivity index (χ3v) is 0. The van der Waals surface area contributed by atoms with Gasteiger partial charge in [0, 0.05) is 6.92 Å². The molecule has 0 heterocycles.